The van der Waals surface area contributed by atoms with E-state index in [-0.39, 0.29) is 18.6 Å². The fourth-order valence-electron chi connectivity index (χ4n) is 2.18. The Labute approximate surface area is 136 Å². The second-order valence-electron chi connectivity index (χ2n) is 5.81. The van der Waals surface area contributed by atoms with E-state index in [4.69, 9.17) is 9.47 Å². The number of aliphatic hydroxyl groups is 1. The first-order valence-electron chi connectivity index (χ1n) is 7.46. The number of amidine groups is 1. The molecule has 2 aliphatic heterocycles. The molecule has 2 aliphatic rings. The summed E-state index contributed by atoms with van der Waals surface area (Å²) < 4.78 is 15.0. The van der Waals surface area contributed by atoms with Crippen molar-refractivity contribution in [3.63, 3.8) is 0 Å². The number of carbonyl (C=O) groups is 1. The average Bonchev–Trinajstić information content (AvgIpc) is 2.41. The molecule has 124 valence electrons. The number of thiol groups is 1. The highest BCUT2D eigenvalue weighted by Crippen LogP contribution is 2.18. The van der Waals surface area contributed by atoms with Gasteiger partial charge < -0.3 is 19.5 Å². The highest BCUT2D eigenvalue weighted by molar-refractivity contribution is 7.96. The number of ether oxygens (including phenoxy) is 2. The van der Waals surface area contributed by atoms with Crippen LogP contribution in [0.3, 0.4) is 0 Å². The van der Waals surface area contributed by atoms with Crippen molar-refractivity contribution in [2.75, 3.05) is 40.4 Å². The molecule has 8 heteroatoms. The standard InChI is InChI=1S/C14H23N3O4S/c1-16(2)14(19)21-9-11-6-12(18)10(8-20-11)7-15-13(22)17-4-3-5-17/h7,10-12,18H,3-6,8-9H2,1-2H3/p+1/t10?,11-,12-/m0/s1. The summed E-state index contributed by atoms with van der Waals surface area (Å²) in [6.07, 6.45) is 2.04. The van der Waals surface area contributed by atoms with Crippen LogP contribution >= 0.6 is 12.6 Å². The van der Waals surface area contributed by atoms with Gasteiger partial charge in [0.1, 0.15) is 6.61 Å². The molecule has 0 aromatic rings. The fraction of sp³-hybridized carbons (Fsp3) is 0.786. The molecule has 0 aromatic heterocycles. The van der Waals surface area contributed by atoms with Crippen molar-refractivity contribution in [3.05, 3.63) is 0 Å². The lowest BCUT2D eigenvalue weighted by Gasteiger charge is -2.30. The molecule has 0 radical (unpaired) electrons. The zero-order valence-electron chi connectivity index (χ0n) is 13.0. The van der Waals surface area contributed by atoms with Gasteiger partial charge in [-0.05, 0) is 12.6 Å². The van der Waals surface area contributed by atoms with Crippen LogP contribution in [0.25, 0.3) is 0 Å². The van der Waals surface area contributed by atoms with E-state index < -0.39 is 12.2 Å². The molecule has 2 rings (SSSR count). The van der Waals surface area contributed by atoms with E-state index >= 15 is 0 Å². The molecule has 0 aliphatic carbocycles. The molecule has 2 saturated heterocycles. The van der Waals surface area contributed by atoms with Crippen molar-refractivity contribution >= 4 is 30.1 Å². The van der Waals surface area contributed by atoms with Crippen molar-refractivity contribution in [1.29, 1.82) is 0 Å². The average molecular weight is 330 g/mol. The van der Waals surface area contributed by atoms with Crippen LogP contribution in [-0.2, 0) is 9.47 Å². The SMILES string of the molecule is CN(C)C(=O)OC[C@@H]1C[C@H](O)C(C=[N+]=C(S)N2CCC2)CO1. The largest absolute Gasteiger partial charge is 0.447 e. The molecule has 1 amide bonds. The second-order valence-corrected chi connectivity index (χ2v) is 6.21. The minimum atomic E-state index is -0.557. The summed E-state index contributed by atoms with van der Waals surface area (Å²) in [4.78, 5) is 14.8. The monoisotopic (exact) mass is 330 g/mol. The third kappa shape index (κ3) is 4.64. The molecule has 3 atom stereocenters. The van der Waals surface area contributed by atoms with Crippen LogP contribution < -0.4 is 4.67 Å². The second kappa shape index (κ2) is 7.87. The fourth-order valence-corrected chi connectivity index (χ4v) is 2.45. The summed E-state index contributed by atoms with van der Waals surface area (Å²) in [7, 11) is 3.24. The lowest BCUT2D eigenvalue weighted by Crippen LogP contribution is -2.43. The summed E-state index contributed by atoms with van der Waals surface area (Å²) in [5, 5.41) is 10.8. The maximum atomic E-state index is 11.4. The lowest BCUT2D eigenvalue weighted by atomic mass is 9.96. The molecule has 0 spiro atoms. The predicted molar refractivity (Wildman–Crippen MR) is 87.3 cm³/mol. The van der Waals surface area contributed by atoms with Gasteiger partial charge in [0.05, 0.1) is 37.8 Å². The van der Waals surface area contributed by atoms with Gasteiger partial charge in [0, 0.05) is 26.9 Å². The highest BCUT2D eigenvalue weighted by Gasteiger charge is 2.32. The molecular weight excluding hydrogens is 306 g/mol. The molecule has 22 heavy (non-hydrogen) atoms. The van der Waals surface area contributed by atoms with Gasteiger partial charge in [0.2, 0.25) is 0 Å². The summed E-state index contributed by atoms with van der Waals surface area (Å²) in [5.41, 5.74) is 0. The van der Waals surface area contributed by atoms with Crippen molar-refractivity contribution in [1.82, 2.24) is 14.5 Å². The van der Waals surface area contributed by atoms with E-state index in [1.54, 1.807) is 20.3 Å². The van der Waals surface area contributed by atoms with Crippen LogP contribution in [0.5, 0.6) is 0 Å². The summed E-state index contributed by atoms with van der Waals surface area (Å²) >= 11 is 4.34. The molecule has 2 heterocycles. The molecule has 2 fully saturated rings. The summed E-state index contributed by atoms with van der Waals surface area (Å²) in [6, 6.07) is 0. The minimum Gasteiger partial charge on any atom is -0.447 e. The van der Waals surface area contributed by atoms with Crippen LogP contribution in [0.2, 0.25) is 0 Å². The third-order valence-electron chi connectivity index (χ3n) is 3.80. The molecule has 1 unspecified atom stereocenters. The molecule has 0 saturated carbocycles. The Hall–Kier alpha value is -1.21. The Morgan fingerprint density at radius 1 is 1.55 bits per heavy atom. The van der Waals surface area contributed by atoms with Gasteiger partial charge in [-0.15, -0.1) is 0 Å². The summed E-state index contributed by atoms with van der Waals surface area (Å²) in [6.45, 7) is 2.48. The van der Waals surface area contributed by atoms with Gasteiger partial charge >= 0.3 is 11.3 Å². The van der Waals surface area contributed by atoms with E-state index in [1.807, 2.05) is 0 Å². The van der Waals surface area contributed by atoms with Crippen LogP contribution in [0.4, 0.5) is 4.79 Å². The van der Waals surface area contributed by atoms with Gasteiger partial charge in [-0.25, -0.2) is 14.4 Å². The molecule has 1 N–H and O–H groups in total. The van der Waals surface area contributed by atoms with E-state index in [9.17, 15) is 9.90 Å². The first kappa shape index (κ1) is 17.1. The predicted octanol–water partition coefficient (Wildman–Crippen LogP) is -0.420. The third-order valence-corrected chi connectivity index (χ3v) is 4.20. The topological polar surface area (TPSA) is 76.3 Å². The number of aliphatic hydroxyl groups excluding tert-OH is 1. The maximum absolute atomic E-state index is 11.4. The van der Waals surface area contributed by atoms with E-state index in [2.05, 4.69) is 22.2 Å². The van der Waals surface area contributed by atoms with Crippen LogP contribution in [0.15, 0.2) is 0 Å². The number of rotatable bonds is 3. The summed E-state index contributed by atoms with van der Waals surface area (Å²) in [5.74, 6) is -0.163. The minimum absolute atomic E-state index is 0.148. The molecule has 0 aromatic carbocycles. The van der Waals surface area contributed by atoms with Gasteiger partial charge in [0.25, 0.3) is 0 Å². The van der Waals surface area contributed by atoms with Crippen molar-refractivity contribution in [2.45, 2.75) is 25.0 Å². The Kier molecular flexibility index (Phi) is 6.14. The molecule has 0 bridgehead atoms. The maximum Gasteiger partial charge on any atom is 0.409 e. The van der Waals surface area contributed by atoms with Crippen molar-refractivity contribution < 1.29 is 19.4 Å². The van der Waals surface area contributed by atoms with Crippen LogP contribution in [0, 0.1) is 5.92 Å². The number of nitrogens with zero attached hydrogens (tertiary/aromatic N) is 3. The first-order chi connectivity index (χ1) is 10.5. The quantitative estimate of drug-likeness (QED) is 0.318. The lowest BCUT2D eigenvalue weighted by molar-refractivity contribution is -0.0835. The Morgan fingerprint density at radius 2 is 2.27 bits per heavy atom. The first-order valence-corrected chi connectivity index (χ1v) is 7.91. The van der Waals surface area contributed by atoms with E-state index in [0.29, 0.717) is 18.2 Å². The number of amides is 1. The van der Waals surface area contributed by atoms with Gasteiger partial charge in [0.15, 0.2) is 6.21 Å². The zero-order valence-corrected chi connectivity index (χ0v) is 13.9. The van der Waals surface area contributed by atoms with Crippen LogP contribution in [-0.4, -0.2) is 85.0 Å². The Bertz CT molecular complexity index is 461. The van der Waals surface area contributed by atoms with Crippen molar-refractivity contribution in [2.24, 2.45) is 5.92 Å². The van der Waals surface area contributed by atoms with Gasteiger partial charge in [-0.3, -0.25) is 0 Å². The number of hydrogen-bond acceptors (Lipinski definition) is 4. The molecule has 7 nitrogen and oxygen atoms in total. The zero-order chi connectivity index (χ0) is 16.1. The Balaban J connectivity index is 1.79. The smallest absolute Gasteiger partial charge is 0.409 e. The molecular formula is C14H24N3O4S+. The van der Waals surface area contributed by atoms with Gasteiger partial charge in [-0.2, -0.15) is 0 Å². The normalized spacial score (nSPS) is 27.5. The number of hydrogen-bond donors (Lipinski definition) is 2. The van der Waals surface area contributed by atoms with Crippen molar-refractivity contribution in [3.8, 4) is 0 Å². The van der Waals surface area contributed by atoms with E-state index in [0.717, 1.165) is 13.1 Å². The number of carbonyl (C=O) groups excluding carboxylic acids is 1. The van der Waals surface area contributed by atoms with Gasteiger partial charge in [-0.1, -0.05) is 0 Å². The van der Waals surface area contributed by atoms with E-state index in [1.165, 1.54) is 11.3 Å². The Morgan fingerprint density at radius 3 is 2.82 bits per heavy atom. The van der Waals surface area contributed by atoms with Crippen LogP contribution in [0.1, 0.15) is 12.8 Å². The number of likely N-dealkylation sites (tertiary alicyclic amines) is 1. The highest BCUT2D eigenvalue weighted by atomic mass is 32.1.